The summed E-state index contributed by atoms with van der Waals surface area (Å²) in [6.07, 6.45) is -2.00. The lowest BCUT2D eigenvalue weighted by Gasteiger charge is -2.49. The number of fused-ring (bicyclic) bond motifs is 4. The molecule has 22 heavy (non-hydrogen) atoms. The Morgan fingerprint density at radius 3 is 2.73 bits per heavy atom. The Kier molecular flexibility index (Phi) is 3.01. The van der Waals surface area contributed by atoms with Gasteiger partial charge in [-0.1, -0.05) is 23.9 Å². The number of rotatable bonds is 0. The summed E-state index contributed by atoms with van der Waals surface area (Å²) in [5.41, 5.74) is 0.588. The summed E-state index contributed by atoms with van der Waals surface area (Å²) in [7, 11) is 0. The summed E-state index contributed by atoms with van der Waals surface area (Å²) in [6, 6.07) is 6.13. The molecule has 0 unspecified atom stereocenters. The van der Waals surface area contributed by atoms with Gasteiger partial charge in [0.15, 0.2) is 0 Å². The minimum absolute atomic E-state index is 0.121. The molecular formula is C15H16N2O4S. The third-order valence-corrected chi connectivity index (χ3v) is 6.07. The molecule has 5 atom stereocenters. The van der Waals surface area contributed by atoms with Crippen molar-refractivity contribution in [2.75, 3.05) is 6.54 Å². The van der Waals surface area contributed by atoms with Crippen LogP contribution in [0.5, 0.6) is 0 Å². The Hall–Kier alpha value is -1.57. The molecule has 2 amide bonds. The molecule has 0 aromatic heterocycles. The molecule has 6 nitrogen and oxygen atoms in total. The normalized spacial score (nSPS) is 37.0. The number of amides is 2. The molecular weight excluding hydrogens is 304 g/mol. The fraction of sp³-hybridized carbons (Fsp3) is 0.467. The predicted molar refractivity (Wildman–Crippen MR) is 79.2 cm³/mol. The van der Waals surface area contributed by atoms with Gasteiger partial charge < -0.3 is 20.0 Å². The van der Waals surface area contributed by atoms with Gasteiger partial charge in [0.05, 0.1) is 17.7 Å². The fourth-order valence-corrected chi connectivity index (χ4v) is 5.12. The third kappa shape index (κ3) is 1.70. The van der Waals surface area contributed by atoms with Gasteiger partial charge in [-0.3, -0.25) is 9.59 Å². The first-order valence-corrected chi connectivity index (χ1v) is 8.13. The molecule has 2 N–H and O–H groups in total. The summed E-state index contributed by atoms with van der Waals surface area (Å²) >= 11 is 1.47. The minimum atomic E-state index is -1.03. The molecule has 0 bridgehead atoms. The molecule has 0 spiro atoms. The van der Waals surface area contributed by atoms with E-state index in [0.29, 0.717) is 5.56 Å². The Bertz CT molecular complexity index is 667. The third-order valence-electron chi connectivity index (χ3n) is 4.71. The maximum Gasteiger partial charge on any atom is 0.256 e. The second-order valence-corrected chi connectivity index (χ2v) is 7.09. The smallest absolute Gasteiger partial charge is 0.256 e. The Labute approximate surface area is 131 Å². The lowest BCUT2D eigenvalue weighted by molar-refractivity contribution is -0.144. The summed E-state index contributed by atoms with van der Waals surface area (Å²) < 4.78 is 0. The molecule has 0 saturated carbocycles. The van der Waals surface area contributed by atoms with Crippen molar-refractivity contribution in [3.05, 3.63) is 29.8 Å². The zero-order valence-corrected chi connectivity index (χ0v) is 12.7. The molecule has 2 fully saturated rings. The molecule has 3 aliphatic heterocycles. The van der Waals surface area contributed by atoms with Gasteiger partial charge in [0.2, 0.25) is 5.91 Å². The maximum absolute atomic E-state index is 12.8. The molecule has 4 rings (SSSR count). The number of piperazine rings is 1. The van der Waals surface area contributed by atoms with Crippen LogP contribution in [0.25, 0.3) is 0 Å². The van der Waals surface area contributed by atoms with Crippen molar-refractivity contribution >= 4 is 23.6 Å². The van der Waals surface area contributed by atoms with E-state index in [2.05, 4.69) is 0 Å². The molecule has 116 valence electrons. The molecule has 3 heterocycles. The molecule has 3 aliphatic rings. The van der Waals surface area contributed by atoms with Gasteiger partial charge in [-0.15, -0.1) is 0 Å². The zero-order chi connectivity index (χ0) is 15.6. The van der Waals surface area contributed by atoms with Crippen LogP contribution in [0.4, 0.5) is 0 Å². The van der Waals surface area contributed by atoms with Gasteiger partial charge in [0.1, 0.15) is 17.5 Å². The Morgan fingerprint density at radius 1 is 1.23 bits per heavy atom. The zero-order valence-electron chi connectivity index (χ0n) is 11.9. The molecule has 1 aromatic carbocycles. The van der Waals surface area contributed by atoms with E-state index in [1.807, 2.05) is 12.1 Å². The van der Waals surface area contributed by atoms with E-state index in [4.69, 9.17) is 0 Å². The lowest BCUT2D eigenvalue weighted by Crippen LogP contribution is -2.67. The van der Waals surface area contributed by atoms with E-state index in [-0.39, 0.29) is 23.7 Å². The first-order chi connectivity index (χ1) is 10.5. The van der Waals surface area contributed by atoms with E-state index >= 15 is 0 Å². The quantitative estimate of drug-likeness (QED) is 0.697. The highest BCUT2D eigenvalue weighted by molar-refractivity contribution is 8.00. The van der Waals surface area contributed by atoms with E-state index in [0.717, 1.165) is 4.90 Å². The van der Waals surface area contributed by atoms with Crippen molar-refractivity contribution in [1.82, 2.24) is 9.80 Å². The van der Waals surface area contributed by atoms with Crippen LogP contribution in [0.1, 0.15) is 17.3 Å². The SMILES string of the molecule is C[C@H]1C(=O)N2C[C@@H](O)[C@@H](O)[C@@H]2[C@H]2Sc3ccccc3C(=O)N21. The Morgan fingerprint density at radius 2 is 1.95 bits per heavy atom. The van der Waals surface area contributed by atoms with E-state index < -0.39 is 24.3 Å². The number of carbonyl (C=O) groups excluding carboxylic acids is 2. The summed E-state index contributed by atoms with van der Waals surface area (Å²) in [5.74, 6) is -0.404. The number of carbonyl (C=O) groups is 2. The van der Waals surface area contributed by atoms with Gasteiger partial charge in [0.25, 0.3) is 5.91 Å². The average molecular weight is 320 g/mol. The minimum Gasteiger partial charge on any atom is -0.388 e. The first kappa shape index (κ1) is 14.0. The maximum atomic E-state index is 12.8. The number of aliphatic hydroxyl groups is 2. The highest BCUT2D eigenvalue weighted by Crippen LogP contribution is 2.44. The molecule has 7 heteroatoms. The van der Waals surface area contributed by atoms with Crippen molar-refractivity contribution in [3.63, 3.8) is 0 Å². The van der Waals surface area contributed by atoms with Gasteiger partial charge >= 0.3 is 0 Å². The highest BCUT2D eigenvalue weighted by Gasteiger charge is 2.57. The number of nitrogens with zero attached hydrogens (tertiary/aromatic N) is 2. The number of hydrogen-bond acceptors (Lipinski definition) is 5. The van der Waals surface area contributed by atoms with Crippen LogP contribution in [0, 0.1) is 0 Å². The fourth-order valence-electron chi connectivity index (χ4n) is 3.58. The van der Waals surface area contributed by atoms with Crippen LogP contribution in [0.3, 0.4) is 0 Å². The van der Waals surface area contributed by atoms with Gasteiger partial charge in [0, 0.05) is 11.4 Å². The standard InChI is InChI=1S/C15H16N2O4S/c1-7-13(20)16-6-9(18)12(19)11(16)15-17(7)14(21)8-4-2-3-5-10(8)22-15/h2-5,7,9,11-12,15,18-19H,6H2,1H3/t7-,9+,11+,12+,15+/m0/s1. The first-order valence-electron chi connectivity index (χ1n) is 7.25. The van der Waals surface area contributed by atoms with Gasteiger partial charge in [-0.2, -0.15) is 0 Å². The summed E-state index contributed by atoms with van der Waals surface area (Å²) in [4.78, 5) is 29.2. The van der Waals surface area contributed by atoms with Crippen molar-refractivity contribution < 1.29 is 19.8 Å². The summed E-state index contributed by atoms with van der Waals surface area (Å²) in [6.45, 7) is 1.82. The monoisotopic (exact) mass is 320 g/mol. The molecule has 2 saturated heterocycles. The van der Waals surface area contributed by atoms with Crippen LogP contribution in [0.2, 0.25) is 0 Å². The van der Waals surface area contributed by atoms with Crippen molar-refractivity contribution in [2.24, 2.45) is 0 Å². The van der Waals surface area contributed by atoms with Crippen molar-refractivity contribution in [3.8, 4) is 0 Å². The van der Waals surface area contributed by atoms with Crippen LogP contribution in [-0.2, 0) is 4.79 Å². The number of aliphatic hydroxyl groups excluding tert-OH is 2. The molecule has 1 aromatic rings. The van der Waals surface area contributed by atoms with E-state index in [1.165, 1.54) is 16.7 Å². The number of thioether (sulfide) groups is 1. The van der Waals surface area contributed by atoms with Crippen LogP contribution in [-0.4, -0.2) is 68.0 Å². The molecule has 0 radical (unpaired) electrons. The predicted octanol–water partition coefficient (Wildman–Crippen LogP) is -0.105. The van der Waals surface area contributed by atoms with Gasteiger partial charge in [-0.05, 0) is 19.1 Å². The second-order valence-electron chi connectivity index (χ2n) is 5.93. The lowest BCUT2D eigenvalue weighted by atomic mass is 10.0. The van der Waals surface area contributed by atoms with Gasteiger partial charge in [-0.25, -0.2) is 0 Å². The van der Waals surface area contributed by atoms with Crippen LogP contribution >= 0.6 is 11.8 Å². The van der Waals surface area contributed by atoms with Crippen molar-refractivity contribution in [1.29, 1.82) is 0 Å². The van der Waals surface area contributed by atoms with E-state index in [9.17, 15) is 19.8 Å². The highest BCUT2D eigenvalue weighted by atomic mass is 32.2. The van der Waals surface area contributed by atoms with E-state index in [1.54, 1.807) is 24.0 Å². The topological polar surface area (TPSA) is 81.1 Å². The Balaban J connectivity index is 1.82. The number of benzene rings is 1. The van der Waals surface area contributed by atoms with Crippen molar-refractivity contribution in [2.45, 2.75) is 41.5 Å². The summed E-state index contributed by atoms with van der Waals surface area (Å²) in [5, 5.41) is 19.8. The second kappa shape index (κ2) is 4.71. The van der Waals surface area contributed by atoms with Crippen LogP contribution in [0.15, 0.2) is 29.2 Å². The number of hydrogen-bond donors (Lipinski definition) is 2. The largest absolute Gasteiger partial charge is 0.388 e. The average Bonchev–Trinajstić information content (AvgIpc) is 2.81. The molecule has 0 aliphatic carbocycles. The van der Waals surface area contributed by atoms with Crippen LogP contribution < -0.4 is 0 Å².